The normalized spacial score (nSPS) is 11.8. The maximum atomic E-state index is 11.0. The molecule has 3 aromatic rings. The first-order chi connectivity index (χ1) is 14.1. The van der Waals surface area contributed by atoms with Gasteiger partial charge in [-0.15, -0.1) is 0 Å². The van der Waals surface area contributed by atoms with Crippen LogP contribution in [-0.4, -0.2) is 22.8 Å². The number of aliphatic carboxylic acids is 1. The van der Waals surface area contributed by atoms with Crippen LogP contribution in [0.4, 0.5) is 0 Å². The van der Waals surface area contributed by atoms with Crippen LogP contribution in [0.2, 0.25) is 0 Å². The van der Waals surface area contributed by atoms with E-state index in [9.17, 15) is 4.79 Å². The Kier molecular flexibility index (Phi) is 7.00. The Morgan fingerprint density at radius 2 is 1.69 bits per heavy atom. The van der Waals surface area contributed by atoms with Crippen LogP contribution in [0.3, 0.4) is 0 Å². The van der Waals surface area contributed by atoms with Gasteiger partial charge in [-0.3, -0.25) is 4.79 Å². The molecule has 3 rings (SSSR count). The summed E-state index contributed by atoms with van der Waals surface area (Å²) in [6.45, 7) is 0.399. The van der Waals surface area contributed by atoms with E-state index in [0.29, 0.717) is 24.3 Å². The Morgan fingerprint density at radius 1 is 0.966 bits per heavy atom. The third-order valence-electron chi connectivity index (χ3n) is 4.72. The fourth-order valence-corrected chi connectivity index (χ4v) is 3.21. The molecule has 0 saturated carbocycles. The van der Waals surface area contributed by atoms with E-state index in [1.165, 1.54) is 0 Å². The minimum atomic E-state index is -0.887. The molecule has 0 aliphatic rings. The fourth-order valence-electron chi connectivity index (χ4n) is 3.21. The van der Waals surface area contributed by atoms with E-state index in [1.54, 1.807) is 18.2 Å². The summed E-state index contributed by atoms with van der Waals surface area (Å²) >= 11 is 0. The van der Waals surface area contributed by atoms with Crippen molar-refractivity contribution in [1.29, 1.82) is 0 Å². The summed E-state index contributed by atoms with van der Waals surface area (Å²) in [5.41, 5.74) is 10.8. The molecular weight excluding hydrogens is 366 g/mol. The first-order valence-corrected chi connectivity index (χ1v) is 9.55. The van der Waals surface area contributed by atoms with Crippen molar-refractivity contribution in [2.75, 3.05) is 6.61 Å². The summed E-state index contributed by atoms with van der Waals surface area (Å²) in [6, 6.07) is 23.0. The van der Waals surface area contributed by atoms with Crippen LogP contribution in [0.5, 0.6) is 5.75 Å². The number of aliphatic hydroxyl groups is 1. The first kappa shape index (κ1) is 20.6. The van der Waals surface area contributed by atoms with E-state index in [-0.39, 0.29) is 19.1 Å². The highest BCUT2D eigenvalue weighted by Crippen LogP contribution is 2.26. The second-order valence-corrected chi connectivity index (χ2v) is 6.91. The molecule has 0 spiro atoms. The van der Waals surface area contributed by atoms with Crippen LogP contribution < -0.4 is 10.5 Å². The van der Waals surface area contributed by atoms with Crippen LogP contribution in [-0.2, 0) is 17.8 Å². The molecule has 3 aromatic carbocycles. The lowest BCUT2D eigenvalue weighted by Crippen LogP contribution is -2.11. The number of ether oxygens (including phenoxy) is 1. The smallest absolute Gasteiger partial charge is 0.307 e. The molecule has 29 heavy (non-hydrogen) atoms. The number of aliphatic hydroxyl groups excluding tert-OH is 1. The van der Waals surface area contributed by atoms with E-state index in [2.05, 4.69) is 6.07 Å². The molecule has 0 heterocycles. The van der Waals surface area contributed by atoms with Crippen LogP contribution in [0.1, 0.15) is 29.2 Å². The summed E-state index contributed by atoms with van der Waals surface area (Å²) in [4.78, 5) is 11.0. The molecule has 0 aliphatic carbocycles. The average Bonchev–Trinajstić information content (AvgIpc) is 2.73. The van der Waals surface area contributed by atoms with Gasteiger partial charge in [-0.1, -0.05) is 54.6 Å². The molecule has 0 saturated heterocycles. The van der Waals surface area contributed by atoms with E-state index >= 15 is 0 Å². The lowest BCUT2D eigenvalue weighted by Gasteiger charge is -2.13. The highest BCUT2D eigenvalue weighted by molar-refractivity contribution is 5.71. The van der Waals surface area contributed by atoms with Gasteiger partial charge in [-0.05, 0) is 46.9 Å². The number of carboxylic acids is 1. The molecule has 0 aromatic heterocycles. The minimum absolute atomic E-state index is 0.0571. The monoisotopic (exact) mass is 391 g/mol. The standard InChI is InChI=1S/C24H25NO4/c25-22(11-12-26)20-9-4-8-19(14-20)18-7-3-5-17(13-18)16-29-23-10-2-1-6-21(23)15-24(27)28/h1-10,13-14,22,26H,11-12,15-16,25H2,(H,27,28). The molecule has 0 aliphatic heterocycles. The molecule has 0 radical (unpaired) electrons. The first-order valence-electron chi connectivity index (χ1n) is 9.55. The van der Waals surface area contributed by atoms with Crippen molar-refractivity contribution in [3.63, 3.8) is 0 Å². The van der Waals surface area contributed by atoms with Crippen molar-refractivity contribution >= 4 is 5.97 Å². The van der Waals surface area contributed by atoms with Gasteiger partial charge in [0.2, 0.25) is 0 Å². The zero-order chi connectivity index (χ0) is 20.6. The van der Waals surface area contributed by atoms with Crippen molar-refractivity contribution < 1.29 is 19.7 Å². The van der Waals surface area contributed by atoms with Gasteiger partial charge in [-0.25, -0.2) is 0 Å². The molecular formula is C24H25NO4. The van der Waals surface area contributed by atoms with Gasteiger partial charge in [0, 0.05) is 18.2 Å². The Labute approximate surface area is 170 Å². The Bertz CT molecular complexity index is 970. The SMILES string of the molecule is NC(CCO)c1cccc(-c2cccc(COc3ccccc3CC(=O)O)c2)c1. The van der Waals surface area contributed by atoms with Gasteiger partial charge < -0.3 is 20.7 Å². The van der Waals surface area contributed by atoms with Gasteiger partial charge in [-0.2, -0.15) is 0 Å². The zero-order valence-corrected chi connectivity index (χ0v) is 16.1. The second-order valence-electron chi connectivity index (χ2n) is 6.91. The van der Waals surface area contributed by atoms with E-state index < -0.39 is 5.97 Å². The fraction of sp³-hybridized carbons (Fsp3) is 0.208. The number of hydrogen-bond acceptors (Lipinski definition) is 4. The van der Waals surface area contributed by atoms with Gasteiger partial charge >= 0.3 is 5.97 Å². The maximum absolute atomic E-state index is 11.0. The van der Waals surface area contributed by atoms with Crippen LogP contribution in [0, 0.1) is 0 Å². The second kappa shape index (κ2) is 9.87. The summed E-state index contributed by atoms with van der Waals surface area (Å²) in [5.74, 6) is -0.306. The molecule has 0 amide bonds. The molecule has 0 fully saturated rings. The van der Waals surface area contributed by atoms with Crippen molar-refractivity contribution in [1.82, 2.24) is 0 Å². The third kappa shape index (κ3) is 5.67. The summed E-state index contributed by atoms with van der Waals surface area (Å²) in [6.07, 6.45) is 0.449. The molecule has 5 nitrogen and oxygen atoms in total. The topological polar surface area (TPSA) is 92.8 Å². The number of nitrogens with two attached hydrogens (primary N) is 1. The van der Waals surface area contributed by atoms with Crippen molar-refractivity contribution in [2.45, 2.75) is 25.5 Å². The van der Waals surface area contributed by atoms with Gasteiger partial charge in [0.25, 0.3) is 0 Å². The highest BCUT2D eigenvalue weighted by Gasteiger charge is 2.09. The van der Waals surface area contributed by atoms with E-state index in [4.69, 9.17) is 20.7 Å². The number of para-hydroxylation sites is 1. The molecule has 5 heteroatoms. The van der Waals surface area contributed by atoms with Crippen molar-refractivity contribution in [2.24, 2.45) is 5.73 Å². The number of hydrogen-bond donors (Lipinski definition) is 3. The van der Waals surface area contributed by atoms with Crippen LogP contribution in [0.15, 0.2) is 72.8 Å². The van der Waals surface area contributed by atoms with Crippen molar-refractivity contribution in [3.8, 4) is 16.9 Å². The van der Waals surface area contributed by atoms with Gasteiger partial charge in [0.05, 0.1) is 6.42 Å². The number of benzene rings is 3. The summed E-state index contributed by atoms with van der Waals surface area (Å²) in [5, 5.41) is 18.2. The lowest BCUT2D eigenvalue weighted by molar-refractivity contribution is -0.136. The van der Waals surface area contributed by atoms with Gasteiger partial charge in [0.1, 0.15) is 12.4 Å². The Morgan fingerprint density at radius 3 is 2.45 bits per heavy atom. The Balaban J connectivity index is 1.76. The minimum Gasteiger partial charge on any atom is -0.489 e. The largest absolute Gasteiger partial charge is 0.489 e. The number of rotatable bonds is 9. The maximum Gasteiger partial charge on any atom is 0.307 e. The predicted molar refractivity (Wildman–Crippen MR) is 113 cm³/mol. The lowest BCUT2D eigenvalue weighted by atomic mass is 9.97. The van der Waals surface area contributed by atoms with Crippen molar-refractivity contribution in [3.05, 3.63) is 89.5 Å². The van der Waals surface area contributed by atoms with Crippen LogP contribution in [0.25, 0.3) is 11.1 Å². The van der Waals surface area contributed by atoms with Crippen LogP contribution >= 0.6 is 0 Å². The average molecular weight is 391 g/mol. The predicted octanol–water partition coefficient (Wildman–Crippen LogP) is 3.94. The molecule has 0 bridgehead atoms. The van der Waals surface area contributed by atoms with E-state index in [0.717, 1.165) is 22.3 Å². The third-order valence-corrected chi connectivity index (χ3v) is 4.72. The number of carboxylic acid groups (broad SMARTS) is 1. The molecule has 1 unspecified atom stereocenters. The number of carbonyl (C=O) groups is 1. The molecule has 1 atom stereocenters. The van der Waals surface area contributed by atoms with E-state index in [1.807, 2.05) is 48.5 Å². The summed E-state index contributed by atoms with van der Waals surface area (Å²) < 4.78 is 5.90. The Hall–Kier alpha value is -3.15. The van der Waals surface area contributed by atoms with Gasteiger partial charge in [0.15, 0.2) is 0 Å². The highest BCUT2D eigenvalue weighted by atomic mass is 16.5. The quantitative estimate of drug-likeness (QED) is 0.514. The summed E-state index contributed by atoms with van der Waals surface area (Å²) in [7, 11) is 0. The molecule has 4 N–H and O–H groups in total. The zero-order valence-electron chi connectivity index (χ0n) is 16.1. The molecule has 150 valence electrons.